The van der Waals surface area contributed by atoms with Crippen molar-refractivity contribution in [1.82, 2.24) is 24.5 Å². The Morgan fingerprint density at radius 3 is 2.74 bits per heavy atom. The fraction of sp³-hybridized carbons (Fsp3) is 0.533. The van der Waals surface area contributed by atoms with E-state index in [1.54, 1.807) is 22.9 Å². The quantitative estimate of drug-likeness (QED) is 0.911. The molecule has 8 heteroatoms. The van der Waals surface area contributed by atoms with E-state index in [0.717, 1.165) is 41.9 Å². The summed E-state index contributed by atoms with van der Waals surface area (Å²) >= 11 is 0. The molecule has 2 aromatic rings. The first kappa shape index (κ1) is 16.1. The summed E-state index contributed by atoms with van der Waals surface area (Å²) in [6, 6.07) is 0. The maximum absolute atomic E-state index is 11.7. The molecule has 0 aromatic carbocycles. The van der Waals surface area contributed by atoms with Crippen LogP contribution in [-0.2, 0) is 16.4 Å². The minimum absolute atomic E-state index is 0.300. The van der Waals surface area contributed by atoms with E-state index in [2.05, 4.69) is 20.2 Å². The van der Waals surface area contributed by atoms with Gasteiger partial charge in [-0.1, -0.05) is 0 Å². The van der Waals surface area contributed by atoms with Gasteiger partial charge in [0.05, 0.1) is 30.0 Å². The maximum atomic E-state index is 11.7. The number of piperidine rings is 1. The SMILES string of the molecule is Cc1[nH]ncc1-c1cnc(CC2CCCN(S(C)(=O)=O)C2)cn1. The van der Waals surface area contributed by atoms with E-state index >= 15 is 0 Å². The second-order valence-corrected chi connectivity index (χ2v) is 8.12. The maximum Gasteiger partial charge on any atom is 0.211 e. The number of aromatic amines is 1. The van der Waals surface area contributed by atoms with E-state index in [1.165, 1.54) is 6.26 Å². The number of H-pyrrole nitrogens is 1. The Bertz CT molecular complexity index is 769. The smallest absolute Gasteiger partial charge is 0.211 e. The first-order valence-electron chi connectivity index (χ1n) is 7.70. The van der Waals surface area contributed by atoms with Crippen molar-refractivity contribution in [3.63, 3.8) is 0 Å². The van der Waals surface area contributed by atoms with E-state index in [4.69, 9.17) is 0 Å². The summed E-state index contributed by atoms with van der Waals surface area (Å²) in [7, 11) is -3.11. The van der Waals surface area contributed by atoms with Gasteiger partial charge in [-0.05, 0) is 32.1 Å². The van der Waals surface area contributed by atoms with Crippen LogP contribution in [0, 0.1) is 12.8 Å². The van der Waals surface area contributed by atoms with Gasteiger partial charge < -0.3 is 0 Å². The van der Waals surface area contributed by atoms with Crippen LogP contribution in [0.3, 0.4) is 0 Å². The molecule has 1 atom stereocenters. The largest absolute Gasteiger partial charge is 0.282 e. The first-order valence-corrected chi connectivity index (χ1v) is 9.54. The van der Waals surface area contributed by atoms with Gasteiger partial charge in [0.1, 0.15) is 0 Å². The number of hydrogen-bond acceptors (Lipinski definition) is 5. The van der Waals surface area contributed by atoms with Gasteiger partial charge in [0.25, 0.3) is 0 Å². The van der Waals surface area contributed by atoms with Gasteiger partial charge in [-0.15, -0.1) is 0 Å². The Hall–Kier alpha value is -1.80. The van der Waals surface area contributed by atoms with Crippen LogP contribution in [0.25, 0.3) is 11.3 Å². The Kier molecular flexibility index (Phi) is 4.45. The lowest BCUT2D eigenvalue weighted by atomic mass is 9.95. The van der Waals surface area contributed by atoms with Gasteiger partial charge in [-0.3, -0.25) is 15.1 Å². The number of rotatable bonds is 4. The summed E-state index contributed by atoms with van der Waals surface area (Å²) in [6.45, 7) is 3.14. The highest BCUT2D eigenvalue weighted by Crippen LogP contribution is 2.23. The van der Waals surface area contributed by atoms with Crippen LogP contribution in [0.5, 0.6) is 0 Å². The third kappa shape index (κ3) is 3.76. The molecule has 1 aliphatic rings. The van der Waals surface area contributed by atoms with Gasteiger partial charge in [0.2, 0.25) is 10.0 Å². The zero-order valence-corrected chi connectivity index (χ0v) is 14.2. The van der Waals surface area contributed by atoms with Crippen molar-refractivity contribution in [3.8, 4) is 11.3 Å². The van der Waals surface area contributed by atoms with E-state index in [-0.39, 0.29) is 0 Å². The van der Waals surface area contributed by atoms with Gasteiger partial charge in [0, 0.05) is 30.5 Å². The van der Waals surface area contributed by atoms with Gasteiger partial charge in [-0.2, -0.15) is 5.10 Å². The number of hydrogen-bond donors (Lipinski definition) is 1. The second-order valence-electron chi connectivity index (χ2n) is 6.14. The predicted octanol–water partition coefficient (Wildman–Crippen LogP) is 1.39. The van der Waals surface area contributed by atoms with Crippen molar-refractivity contribution in [2.24, 2.45) is 5.92 Å². The summed E-state index contributed by atoms with van der Waals surface area (Å²) in [5, 5.41) is 6.88. The highest BCUT2D eigenvalue weighted by molar-refractivity contribution is 7.88. The molecule has 3 rings (SSSR count). The molecule has 1 N–H and O–H groups in total. The number of aromatic nitrogens is 4. The van der Waals surface area contributed by atoms with Crippen molar-refractivity contribution >= 4 is 10.0 Å². The molecule has 23 heavy (non-hydrogen) atoms. The average molecular weight is 335 g/mol. The molecule has 1 aliphatic heterocycles. The predicted molar refractivity (Wildman–Crippen MR) is 87.2 cm³/mol. The summed E-state index contributed by atoms with van der Waals surface area (Å²) in [6.07, 6.45) is 9.23. The lowest BCUT2D eigenvalue weighted by molar-refractivity contribution is 0.265. The zero-order chi connectivity index (χ0) is 16.4. The van der Waals surface area contributed by atoms with Crippen molar-refractivity contribution in [2.45, 2.75) is 26.2 Å². The normalized spacial score (nSPS) is 19.8. The molecular formula is C15H21N5O2S. The van der Waals surface area contributed by atoms with Gasteiger partial charge >= 0.3 is 0 Å². The molecule has 0 aliphatic carbocycles. The number of aryl methyl sites for hydroxylation is 1. The van der Waals surface area contributed by atoms with Crippen LogP contribution in [0.4, 0.5) is 0 Å². The lowest BCUT2D eigenvalue weighted by Gasteiger charge is -2.30. The molecule has 1 saturated heterocycles. The first-order chi connectivity index (χ1) is 10.9. The van der Waals surface area contributed by atoms with Crippen LogP contribution in [0.15, 0.2) is 18.6 Å². The molecule has 0 spiro atoms. The Morgan fingerprint density at radius 2 is 2.13 bits per heavy atom. The minimum atomic E-state index is -3.11. The zero-order valence-electron chi connectivity index (χ0n) is 13.4. The lowest BCUT2D eigenvalue weighted by Crippen LogP contribution is -2.39. The van der Waals surface area contributed by atoms with E-state index in [1.807, 2.05) is 6.92 Å². The van der Waals surface area contributed by atoms with Crippen LogP contribution < -0.4 is 0 Å². The summed E-state index contributed by atoms with van der Waals surface area (Å²) in [5.74, 6) is 0.300. The van der Waals surface area contributed by atoms with Crippen LogP contribution >= 0.6 is 0 Å². The van der Waals surface area contributed by atoms with Crippen molar-refractivity contribution < 1.29 is 8.42 Å². The van der Waals surface area contributed by atoms with Crippen molar-refractivity contribution in [1.29, 1.82) is 0 Å². The fourth-order valence-electron chi connectivity index (χ4n) is 3.00. The number of nitrogens with zero attached hydrogens (tertiary/aromatic N) is 4. The van der Waals surface area contributed by atoms with Crippen LogP contribution in [0.1, 0.15) is 24.2 Å². The standard InChI is InChI=1S/C15H21N5O2S/c1-11-14(8-18-19-11)15-9-16-13(7-17-15)6-12-4-3-5-20(10-12)23(2,21)22/h7-9,12H,3-6,10H2,1-2H3,(H,18,19). The Balaban J connectivity index is 1.68. The van der Waals surface area contributed by atoms with E-state index in [9.17, 15) is 8.42 Å². The third-order valence-corrected chi connectivity index (χ3v) is 5.53. The molecule has 0 bridgehead atoms. The summed E-state index contributed by atoms with van der Waals surface area (Å²) < 4.78 is 24.9. The molecule has 7 nitrogen and oxygen atoms in total. The minimum Gasteiger partial charge on any atom is -0.282 e. The highest BCUT2D eigenvalue weighted by atomic mass is 32.2. The third-order valence-electron chi connectivity index (χ3n) is 4.26. The summed E-state index contributed by atoms with van der Waals surface area (Å²) in [5.41, 5.74) is 3.60. The molecule has 1 fully saturated rings. The topological polar surface area (TPSA) is 91.8 Å². The second kappa shape index (κ2) is 6.37. The molecule has 0 saturated carbocycles. The molecular weight excluding hydrogens is 314 g/mol. The molecule has 0 radical (unpaired) electrons. The highest BCUT2D eigenvalue weighted by Gasteiger charge is 2.26. The fourth-order valence-corrected chi connectivity index (χ4v) is 3.94. The van der Waals surface area contributed by atoms with Gasteiger partial charge in [0.15, 0.2) is 0 Å². The van der Waals surface area contributed by atoms with E-state index in [0.29, 0.717) is 19.0 Å². The van der Waals surface area contributed by atoms with Crippen LogP contribution in [-0.4, -0.2) is 52.2 Å². The number of nitrogens with one attached hydrogen (secondary N) is 1. The van der Waals surface area contributed by atoms with Crippen LogP contribution in [0.2, 0.25) is 0 Å². The molecule has 124 valence electrons. The molecule has 3 heterocycles. The van der Waals surface area contributed by atoms with Crippen molar-refractivity contribution in [3.05, 3.63) is 30.0 Å². The Labute approximate surface area is 136 Å². The average Bonchev–Trinajstić information content (AvgIpc) is 2.94. The van der Waals surface area contributed by atoms with E-state index < -0.39 is 10.0 Å². The van der Waals surface area contributed by atoms with Crippen molar-refractivity contribution in [2.75, 3.05) is 19.3 Å². The number of sulfonamides is 1. The molecule has 0 amide bonds. The Morgan fingerprint density at radius 1 is 1.30 bits per heavy atom. The molecule has 1 unspecified atom stereocenters. The molecule has 2 aromatic heterocycles. The monoisotopic (exact) mass is 335 g/mol. The van der Waals surface area contributed by atoms with Gasteiger partial charge in [-0.25, -0.2) is 12.7 Å². The summed E-state index contributed by atoms with van der Waals surface area (Å²) in [4.78, 5) is 8.95.